The number of carbonyl (C=O) groups excluding carboxylic acids is 3. The Balaban J connectivity index is 0.000000270. The first-order chi connectivity index (χ1) is 22.9. The summed E-state index contributed by atoms with van der Waals surface area (Å²) in [6, 6.07) is 8.22. The minimum absolute atomic E-state index is 0.345. The summed E-state index contributed by atoms with van der Waals surface area (Å²) < 4.78 is 72.2. The van der Waals surface area contributed by atoms with E-state index in [-0.39, 0.29) is 6.09 Å². The molecule has 274 valence electrons. The fraction of sp³-hybridized carbons (Fsp3) is 0.581. The van der Waals surface area contributed by atoms with Crippen molar-refractivity contribution in [3.63, 3.8) is 0 Å². The molecule has 0 bridgehead atoms. The summed E-state index contributed by atoms with van der Waals surface area (Å²) in [5, 5.41) is 2.80. The highest BCUT2D eigenvalue weighted by atomic mass is 19.4. The van der Waals surface area contributed by atoms with Crippen LogP contribution in [0.4, 0.5) is 42.5 Å². The predicted molar refractivity (Wildman–Crippen MR) is 171 cm³/mol. The molecule has 0 atom stereocenters. The Labute approximate surface area is 281 Å². The summed E-state index contributed by atoms with van der Waals surface area (Å²) in [7, 11) is 0. The molecule has 0 spiro atoms. The van der Waals surface area contributed by atoms with E-state index in [9.17, 15) is 40.7 Å². The third-order valence-corrected chi connectivity index (χ3v) is 7.06. The average molecular weight is 707 g/mol. The highest BCUT2D eigenvalue weighted by Gasteiger charge is 2.54. The topological polar surface area (TPSA) is 137 Å². The van der Waals surface area contributed by atoms with Crippen LogP contribution in [0.3, 0.4) is 0 Å². The number of nitrogens with two attached hydrogens (primary N) is 1. The van der Waals surface area contributed by atoms with E-state index in [0.29, 0.717) is 6.54 Å². The molecule has 3 N–H and O–H groups in total. The number of nitrogens with one attached hydrogen (secondary N) is 1. The lowest BCUT2D eigenvalue weighted by Gasteiger charge is -2.36. The molecule has 0 radical (unpaired) electrons. The number of anilines is 2. The number of pyridine rings is 2. The summed E-state index contributed by atoms with van der Waals surface area (Å²) in [6.07, 6.45) is -4.54. The van der Waals surface area contributed by atoms with Crippen LogP contribution in [-0.4, -0.2) is 134 Å². The Hall–Kier alpha value is -4.03. The van der Waals surface area contributed by atoms with E-state index >= 15 is 0 Å². The van der Waals surface area contributed by atoms with Gasteiger partial charge in [-0.25, -0.2) is 4.79 Å². The SMILES string of the molecule is CC(C)(C)OC(=O)NCCN1CCN(c2ccncc2)CC1.NCCN1CCN(c2ccncc2)CC1.O=C(C(=O)C(F)(F)F)C(F)(F)F. The number of alkyl carbamates (subject to hydrolysis) is 1. The summed E-state index contributed by atoms with van der Waals surface area (Å²) in [5.41, 5.74) is 7.60. The van der Waals surface area contributed by atoms with Gasteiger partial charge in [0.1, 0.15) is 5.60 Å². The maximum Gasteiger partial charge on any atom is 0.458 e. The van der Waals surface area contributed by atoms with Crippen molar-refractivity contribution in [3.05, 3.63) is 49.1 Å². The molecule has 0 unspecified atom stereocenters. The fourth-order valence-electron chi connectivity index (χ4n) is 4.64. The van der Waals surface area contributed by atoms with E-state index in [1.807, 2.05) is 57.7 Å². The molecule has 0 aliphatic carbocycles. The number of piperazine rings is 2. The molecule has 0 aromatic carbocycles. The van der Waals surface area contributed by atoms with Crippen molar-refractivity contribution in [2.24, 2.45) is 5.73 Å². The Morgan fingerprint density at radius 3 is 1.39 bits per heavy atom. The first-order valence-electron chi connectivity index (χ1n) is 15.5. The number of ether oxygens (including phenoxy) is 1. The van der Waals surface area contributed by atoms with Gasteiger partial charge in [0.05, 0.1) is 0 Å². The number of alkyl halides is 6. The maximum atomic E-state index is 11.6. The second-order valence-electron chi connectivity index (χ2n) is 11.9. The summed E-state index contributed by atoms with van der Waals surface area (Å²) in [4.78, 5) is 48.4. The summed E-state index contributed by atoms with van der Waals surface area (Å²) in [6.45, 7) is 17.2. The van der Waals surface area contributed by atoms with Crippen molar-refractivity contribution in [1.82, 2.24) is 25.1 Å². The van der Waals surface area contributed by atoms with Crippen LogP contribution in [0.1, 0.15) is 20.8 Å². The molecule has 2 aliphatic heterocycles. The van der Waals surface area contributed by atoms with E-state index in [0.717, 1.165) is 72.0 Å². The minimum Gasteiger partial charge on any atom is -0.444 e. The third-order valence-electron chi connectivity index (χ3n) is 7.06. The predicted octanol–water partition coefficient (Wildman–Crippen LogP) is 3.14. The number of hydrogen-bond acceptors (Lipinski definition) is 11. The number of rotatable bonds is 8. The quantitative estimate of drug-likeness (QED) is 0.310. The second-order valence-corrected chi connectivity index (χ2v) is 11.9. The molecule has 18 heteroatoms. The Kier molecular flexibility index (Phi) is 16.1. The number of amides is 1. The van der Waals surface area contributed by atoms with Crippen LogP contribution in [0.25, 0.3) is 0 Å². The highest BCUT2D eigenvalue weighted by molar-refractivity contribution is 6.41. The molecule has 2 fully saturated rings. The zero-order chi connectivity index (χ0) is 36.7. The van der Waals surface area contributed by atoms with Crippen molar-refractivity contribution in [3.8, 4) is 0 Å². The van der Waals surface area contributed by atoms with Crippen LogP contribution >= 0.6 is 0 Å². The molecular formula is C31H44F6N8O4. The van der Waals surface area contributed by atoms with Gasteiger partial charge in [-0.05, 0) is 45.0 Å². The molecule has 0 saturated carbocycles. The number of ketones is 2. The zero-order valence-electron chi connectivity index (χ0n) is 27.8. The lowest BCUT2D eigenvalue weighted by atomic mass is 10.2. The van der Waals surface area contributed by atoms with Crippen LogP contribution in [0, 0.1) is 0 Å². The summed E-state index contributed by atoms with van der Waals surface area (Å²) >= 11 is 0. The number of nitrogens with zero attached hydrogens (tertiary/aromatic N) is 6. The molecule has 2 saturated heterocycles. The van der Waals surface area contributed by atoms with Gasteiger partial charge in [-0.1, -0.05) is 0 Å². The van der Waals surface area contributed by atoms with Gasteiger partial charge >= 0.3 is 30.0 Å². The van der Waals surface area contributed by atoms with Crippen molar-refractivity contribution in [2.75, 3.05) is 88.3 Å². The van der Waals surface area contributed by atoms with E-state index in [4.69, 9.17) is 10.5 Å². The molecule has 2 aliphatic rings. The molecule has 49 heavy (non-hydrogen) atoms. The van der Waals surface area contributed by atoms with Crippen LogP contribution in [0.15, 0.2) is 49.1 Å². The van der Waals surface area contributed by atoms with Gasteiger partial charge in [0, 0.05) is 115 Å². The van der Waals surface area contributed by atoms with Gasteiger partial charge in [0.15, 0.2) is 0 Å². The van der Waals surface area contributed by atoms with Crippen LogP contribution in [0.5, 0.6) is 0 Å². The highest BCUT2D eigenvalue weighted by Crippen LogP contribution is 2.24. The van der Waals surface area contributed by atoms with Crippen molar-refractivity contribution < 1.29 is 45.5 Å². The van der Waals surface area contributed by atoms with Crippen LogP contribution < -0.4 is 20.9 Å². The number of aromatic nitrogens is 2. The maximum absolute atomic E-state index is 11.6. The fourth-order valence-corrected chi connectivity index (χ4v) is 4.64. The van der Waals surface area contributed by atoms with E-state index in [2.05, 4.69) is 47.0 Å². The monoisotopic (exact) mass is 706 g/mol. The van der Waals surface area contributed by atoms with Crippen molar-refractivity contribution in [2.45, 2.75) is 38.7 Å². The van der Waals surface area contributed by atoms with Crippen molar-refractivity contribution >= 4 is 29.0 Å². The van der Waals surface area contributed by atoms with Crippen LogP contribution in [0.2, 0.25) is 0 Å². The van der Waals surface area contributed by atoms with Gasteiger partial charge in [-0.15, -0.1) is 0 Å². The number of halogens is 6. The zero-order valence-corrected chi connectivity index (χ0v) is 27.8. The molecule has 4 heterocycles. The van der Waals surface area contributed by atoms with Gasteiger partial charge in [0.2, 0.25) is 0 Å². The number of carbonyl (C=O) groups is 3. The van der Waals surface area contributed by atoms with Gasteiger partial charge in [-0.3, -0.25) is 29.4 Å². The first kappa shape index (κ1) is 41.1. The standard InChI is InChI=1S/C16H26N4O2.C11H18N4.C4F6O2/c1-16(2,3)22-15(21)18-8-9-19-10-12-20(13-11-19)14-4-6-17-7-5-14;12-3-6-14-7-9-15(10-8-14)11-1-4-13-5-2-11;5-3(6,7)1(11)2(12)4(8,9)10/h4-7H,8-13H2,1-3H3,(H,18,21);1-2,4-5H,3,6-10,12H2;. The normalized spacial score (nSPS) is 16.0. The Morgan fingerprint density at radius 1 is 0.694 bits per heavy atom. The van der Waals surface area contributed by atoms with E-state index < -0.39 is 29.5 Å². The van der Waals surface area contributed by atoms with E-state index in [1.165, 1.54) is 11.4 Å². The third kappa shape index (κ3) is 15.8. The van der Waals surface area contributed by atoms with Gasteiger partial charge in [0.25, 0.3) is 0 Å². The largest absolute Gasteiger partial charge is 0.458 e. The summed E-state index contributed by atoms with van der Waals surface area (Å²) in [5.74, 6) is -6.81. The smallest absolute Gasteiger partial charge is 0.444 e. The number of hydrogen-bond donors (Lipinski definition) is 2. The lowest BCUT2D eigenvalue weighted by molar-refractivity contribution is -0.193. The molecule has 2 aromatic heterocycles. The van der Waals surface area contributed by atoms with Crippen LogP contribution in [-0.2, 0) is 14.3 Å². The van der Waals surface area contributed by atoms with Gasteiger partial charge in [-0.2, -0.15) is 26.3 Å². The molecule has 1 amide bonds. The van der Waals surface area contributed by atoms with Gasteiger partial charge < -0.3 is 25.6 Å². The Morgan fingerprint density at radius 2 is 1.06 bits per heavy atom. The average Bonchev–Trinajstić information content (AvgIpc) is 3.05. The molecule has 12 nitrogen and oxygen atoms in total. The van der Waals surface area contributed by atoms with E-state index in [1.54, 1.807) is 0 Å². The number of Topliss-reactive ketones (excluding diaryl/α,β-unsaturated/α-hetero) is 2. The molecule has 4 rings (SSSR count). The molecular weight excluding hydrogens is 662 g/mol. The van der Waals surface area contributed by atoms with Crippen molar-refractivity contribution in [1.29, 1.82) is 0 Å². The lowest BCUT2D eigenvalue weighted by Crippen LogP contribution is -2.48. The second kappa shape index (κ2) is 19.2. The Bertz CT molecular complexity index is 1260. The first-order valence-corrected chi connectivity index (χ1v) is 15.5. The molecule has 2 aromatic rings. The minimum atomic E-state index is -5.77.